The third-order valence-corrected chi connectivity index (χ3v) is 4.31. The van der Waals surface area contributed by atoms with Crippen molar-refractivity contribution >= 4 is 23.5 Å². The number of hydrogen-bond acceptors (Lipinski definition) is 4. The van der Waals surface area contributed by atoms with E-state index in [1.165, 1.54) is 7.11 Å². The van der Waals surface area contributed by atoms with Crippen molar-refractivity contribution in [3.05, 3.63) is 29.3 Å². The van der Waals surface area contributed by atoms with Crippen LogP contribution in [-0.4, -0.2) is 49.2 Å². The van der Waals surface area contributed by atoms with Crippen molar-refractivity contribution in [1.82, 2.24) is 5.32 Å². The maximum Gasteiger partial charge on any atom is 0.328 e. The van der Waals surface area contributed by atoms with Gasteiger partial charge in [-0.05, 0) is 31.0 Å². The Morgan fingerprint density at radius 2 is 2.12 bits per heavy atom. The fourth-order valence-corrected chi connectivity index (χ4v) is 2.77. The van der Waals surface area contributed by atoms with Gasteiger partial charge in [-0.15, -0.1) is 0 Å². The number of nitrogens with zero attached hydrogens (tertiary/aromatic N) is 1. The van der Waals surface area contributed by atoms with E-state index in [0.29, 0.717) is 0 Å². The number of amides is 2. The van der Waals surface area contributed by atoms with Gasteiger partial charge in [-0.1, -0.05) is 12.1 Å². The number of carbonyl (C=O) groups excluding carboxylic acids is 2. The summed E-state index contributed by atoms with van der Waals surface area (Å²) in [5.41, 5.74) is 2.86. The summed E-state index contributed by atoms with van der Waals surface area (Å²) >= 11 is 0. The molecule has 0 spiro atoms. The number of hydrogen-bond donors (Lipinski definition) is 2. The van der Waals surface area contributed by atoms with Gasteiger partial charge in [0, 0.05) is 25.8 Å². The number of benzene rings is 1. The van der Waals surface area contributed by atoms with Crippen LogP contribution in [0.1, 0.15) is 17.5 Å². The SMILES string of the molecule is COCC(NC(=O)C1CC(=O)N(c2cccc(C)c2C)C1)C(=O)O. The van der Waals surface area contributed by atoms with Crippen molar-refractivity contribution in [3.63, 3.8) is 0 Å². The molecule has 1 heterocycles. The zero-order valence-electron chi connectivity index (χ0n) is 14.0. The van der Waals surface area contributed by atoms with Crippen LogP contribution in [0.15, 0.2) is 18.2 Å². The minimum Gasteiger partial charge on any atom is -0.480 e. The highest BCUT2D eigenvalue weighted by atomic mass is 16.5. The molecule has 24 heavy (non-hydrogen) atoms. The van der Waals surface area contributed by atoms with E-state index in [4.69, 9.17) is 9.84 Å². The van der Waals surface area contributed by atoms with Crippen molar-refractivity contribution in [2.75, 3.05) is 25.2 Å². The smallest absolute Gasteiger partial charge is 0.328 e. The molecule has 0 radical (unpaired) electrons. The van der Waals surface area contributed by atoms with Crippen LogP contribution in [-0.2, 0) is 19.1 Å². The Labute approximate surface area is 140 Å². The maximum atomic E-state index is 12.3. The summed E-state index contributed by atoms with van der Waals surface area (Å²) < 4.78 is 4.80. The first-order valence-corrected chi connectivity index (χ1v) is 7.73. The number of carboxylic acids is 1. The fraction of sp³-hybridized carbons (Fsp3) is 0.471. The first-order valence-electron chi connectivity index (χ1n) is 7.73. The van der Waals surface area contributed by atoms with Gasteiger partial charge in [-0.2, -0.15) is 0 Å². The number of anilines is 1. The highest BCUT2D eigenvalue weighted by Gasteiger charge is 2.37. The Morgan fingerprint density at radius 3 is 2.75 bits per heavy atom. The standard InChI is InChI=1S/C17H22N2O5/c1-10-5-4-6-14(11(10)2)19-8-12(7-15(19)20)16(21)18-13(9-24-3)17(22)23/h4-6,12-13H,7-9H2,1-3H3,(H,18,21)(H,22,23). The maximum absolute atomic E-state index is 12.3. The number of nitrogens with one attached hydrogen (secondary N) is 1. The van der Waals surface area contributed by atoms with Gasteiger partial charge < -0.3 is 20.1 Å². The average Bonchev–Trinajstić information content (AvgIpc) is 2.91. The monoisotopic (exact) mass is 334 g/mol. The summed E-state index contributed by atoms with van der Waals surface area (Å²) in [6, 6.07) is 4.57. The topological polar surface area (TPSA) is 95.9 Å². The van der Waals surface area contributed by atoms with E-state index in [-0.39, 0.29) is 25.5 Å². The Bertz CT molecular complexity index is 658. The number of rotatable bonds is 6. The molecule has 2 rings (SSSR count). The highest BCUT2D eigenvalue weighted by molar-refractivity contribution is 6.01. The minimum atomic E-state index is -1.17. The second kappa shape index (κ2) is 7.44. The lowest BCUT2D eigenvalue weighted by atomic mass is 10.1. The molecule has 1 aliphatic heterocycles. The van der Waals surface area contributed by atoms with Gasteiger partial charge in [0.1, 0.15) is 0 Å². The summed E-state index contributed by atoms with van der Waals surface area (Å²) in [6.07, 6.45) is 0.0680. The van der Waals surface area contributed by atoms with E-state index < -0.39 is 23.8 Å². The van der Waals surface area contributed by atoms with E-state index in [1.54, 1.807) is 4.90 Å². The molecule has 0 aliphatic carbocycles. The third kappa shape index (κ3) is 3.73. The van der Waals surface area contributed by atoms with Gasteiger partial charge >= 0.3 is 5.97 Å². The predicted molar refractivity (Wildman–Crippen MR) is 87.8 cm³/mol. The molecule has 2 atom stereocenters. The van der Waals surface area contributed by atoms with Crippen LogP contribution in [0.2, 0.25) is 0 Å². The summed E-state index contributed by atoms with van der Waals surface area (Å²) in [6.45, 7) is 4.02. The van der Waals surface area contributed by atoms with Gasteiger partial charge in [-0.25, -0.2) is 4.79 Å². The lowest BCUT2D eigenvalue weighted by Gasteiger charge is -2.20. The van der Waals surface area contributed by atoms with Crippen LogP contribution < -0.4 is 10.2 Å². The molecule has 1 aromatic rings. The minimum absolute atomic E-state index is 0.0680. The van der Waals surface area contributed by atoms with Gasteiger partial charge in [0.2, 0.25) is 11.8 Å². The van der Waals surface area contributed by atoms with Crippen molar-refractivity contribution in [1.29, 1.82) is 0 Å². The van der Waals surface area contributed by atoms with Crippen LogP contribution in [0.25, 0.3) is 0 Å². The van der Waals surface area contributed by atoms with Crippen molar-refractivity contribution < 1.29 is 24.2 Å². The first-order chi connectivity index (χ1) is 11.3. The molecular formula is C17H22N2O5. The molecule has 2 N–H and O–H groups in total. The van der Waals surface area contributed by atoms with E-state index in [2.05, 4.69) is 5.32 Å². The second-order valence-electron chi connectivity index (χ2n) is 5.98. The summed E-state index contributed by atoms with van der Waals surface area (Å²) in [5, 5.41) is 11.5. The second-order valence-corrected chi connectivity index (χ2v) is 5.98. The molecule has 1 aromatic carbocycles. The molecule has 0 saturated carbocycles. The van der Waals surface area contributed by atoms with Gasteiger partial charge in [0.25, 0.3) is 0 Å². The molecule has 2 unspecified atom stereocenters. The zero-order valence-corrected chi connectivity index (χ0v) is 14.0. The Hall–Kier alpha value is -2.41. The van der Waals surface area contributed by atoms with Crippen LogP contribution >= 0.6 is 0 Å². The largest absolute Gasteiger partial charge is 0.480 e. The van der Waals surface area contributed by atoms with Crippen LogP contribution in [0.5, 0.6) is 0 Å². The molecule has 1 fully saturated rings. The first kappa shape index (κ1) is 17.9. The lowest BCUT2D eigenvalue weighted by Crippen LogP contribution is -2.46. The molecule has 2 amide bonds. The Kier molecular flexibility index (Phi) is 5.56. The summed E-state index contributed by atoms with van der Waals surface area (Å²) in [4.78, 5) is 37.3. The summed E-state index contributed by atoms with van der Waals surface area (Å²) in [5.74, 6) is -2.32. The Morgan fingerprint density at radius 1 is 1.42 bits per heavy atom. The molecule has 0 aromatic heterocycles. The van der Waals surface area contributed by atoms with Crippen LogP contribution in [0.3, 0.4) is 0 Å². The van der Waals surface area contributed by atoms with E-state index in [9.17, 15) is 14.4 Å². The van der Waals surface area contributed by atoms with E-state index >= 15 is 0 Å². The number of aryl methyl sites for hydroxylation is 1. The molecule has 1 saturated heterocycles. The van der Waals surface area contributed by atoms with Crippen molar-refractivity contribution in [3.8, 4) is 0 Å². The van der Waals surface area contributed by atoms with Crippen LogP contribution in [0.4, 0.5) is 5.69 Å². The molecule has 7 heteroatoms. The normalized spacial score (nSPS) is 18.5. The Balaban J connectivity index is 2.10. The molecule has 1 aliphatic rings. The van der Waals surface area contributed by atoms with Gasteiger partial charge in [0.15, 0.2) is 6.04 Å². The third-order valence-electron chi connectivity index (χ3n) is 4.31. The average molecular weight is 334 g/mol. The number of carboxylic acid groups (broad SMARTS) is 1. The predicted octanol–water partition coefficient (Wildman–Crippen LogP) is 0.872. The van der Waals surface area contributed by atoms with Gasteiger partial charge in [-0.3, -0.25) is 9.59 Å². The van der Waals surface area contributed by atoms with E-state index in [1.807, 2.05) is 32.0 Å². The van der Waals surface area contributed by atoms with Crippen LogP contribution in [0, 0.1) is 19.8 Å². The molecule has 7 nitrogen and oxygen atoms in total. The number of aliphatic carboxylic acids is 1. The molecule has 0 bridgehead atoms. The number of carbonyl (C=O) groups is 3. The highest BCUT2D eigenvalue weighted by Crippen LogP contribution is 2.29. The molecular weight excluding hydrogens is 312 g/mol. The number of ether oxygens (including phenoxy) is 1. The molecule has 130 valence electrons. The number of methoxy groups -OCH3 is 1. The quantitative estimate of drug-likeness (QED) is 0.805. The van der Waals surface area contributed by atoms with Crippen molar-refractivity contribution in [2.45, 2.75) is 26.3 Å². The van der Waals surface area contributed by atoms with Gasteiger partial charge in [0.05, 0.1) is 12.5 Å². The zero-order chi connectivity index (χ0) is 17.9. The lowest BCUT2D eigenvalue weighted by molar-refractivity contribution is -0.143. The van der Waals surface area contributed by atoms with E-state index in [0.717, 1.165) is 16.8 Å². The van der Waals surface area contributed by atoms with Crippen molar-refractivity contribution in [2.24, 2.45) is 5.92 Å². The fourth-order valence-electron chi connectivity index (χ4n) is 2.77. The summed E-state index contributed by atoms with van der Waals surface area (Å²) in [7, 11) is 1.36.